The molecule has 3 rings (SSSR count). The highest BCUT2D eigenvalue weighted by molar-refractivity contribution is 5.86. The molecule has 0 unspecified atom stereocenters. The van der Waals surface area contributed by atoms with Crippen molar-refractivity contribution in [2.45, 2.75) is 185 Å². The normalized spacial score (nSPS) is 38.1. The van der Waals surface area contributed by atoms with Gasteiger partial charge < -0.3 is 70.0 Å². The van der Waals surface area contributed by atoms with Gasteiger partial charge in [0.25, 0.3) is 0 Å². The number of carbonyl (C=O) groups is 2. The first-order valence-electron chi connectivity index (χ1n) is 20.4. The number of aliphatic hydroxyl groups is 10. The van der Waals surface area contributed by atoms with Crippen LogP contribution < -0.4 is 0 Å². The SMILES string of the molecule is C/C(C=O)=C1\CC[C@](C)(O)[C@@](C)(CC/C=C(\C)[C@@H](C/C=C(\C)CCC(=O)C(C)(C)O)O[C@@H]2O[C@H](CO)[C@@H](O)[C@H](O)[C@H]2O)[C@@H]1CCCO[C@@H]1O[C@H](CO)[C@@H](O)[C@H](O)[C@H]1O. The Hall–Kier alpha value is -2.00. The average Bonchev–Trinajstić information content (AvgIpc) is 3.17. The summed E-state index contributed by atoms with van der Waals surface area (Å²) in [6.45, 7) is 10.9. The highest BCUT2D eigenvalue weighted by Crippen LogP contribution is 2.55. The van der Waals surface area contributed by atoms with Gasteiger partial charge in [0.05, 0.1) is 24.9 Å². The predicted octanol–water partition coefficient (Wildman–Crippen LogP) is 0.634. The van der Waals surface area contributed by atoms with Gasteiger partial charge in [-0.25, -0.2) is 0 Å². The number of rotatable bonds is 20. The second-order valence-corrected chi connectivity index (χ2v) is 17.4. The summed E-state index contributed by atoms with van der Waals surface area (Å²) in [6, 6.07) is 0. The van der Waals surface area contributed by atoms with Gasteiger partial charge in [0.2, 0.25) is 0 Å². The summed E-state index contributed by atoms with van der Waals surface area (Å²) in [6.07, 6.45) is -7.07. The van der Waals surface area contributed by atoms with Gasteiger partial charge >= 0.3 is 0 Å². The summed E-state index contributed by atoms with van der Waals surface area (Å²) in [5, 5.41) is 104. The van der Waals surface area contributed by atoms with Crippen LogP contribution in [0, 0.1) is 11.3 Å². The van der Waals surface area contributed by atoms with Gasteiger partial charge in [-0.15, -0.1) is 0 Å². The lowest BCUT2D eigenvalue weighted by Gasteiger charge is -2.53. The Labute approximate surface area is 341 Å². The molecule has 0 aromatic carbocycles. The first kappa shape index (κ1) is 50.4. The molecule has 14 atom stereocenters. The van der Waals surface area contributed by atoms with Crippen LogP contribution >= 0.6 is 0 Å². The molecule has 3 fully saturated rings. The molecule has 1 saturated carbocycles. The molecule has 58 heavy (non-hydrogen) atoms. The van der Waals surface area contributed by atoms with Crippen LogP contribution in [0.15, 0.2) is 34.4 Å². The van der Waals surface area contributed by atoms with Gasteiger partial charge in [-0.05, 0) is 110 Å². The third-order valence-electron chi connectivity index (χ3n) is 12.6. The molecule has 10 N–H and O–H groups in total. The third-order valence-corrected chi connectivity index (χ3v) is 12.6. The number of allylic oxidation sites excluding steroid dienone is 4. The Bertz CT molecular complexity index is 1430. The van der Waals surface area contributed by atoms with Crippen molar-refractivity contribution < 1.29 is 79.6 Å². The minimum absolute atomic E-state index is 0.0691. The van der Waals surface area contributed by atoms with Gasteiger partial charge in [-0.2, -0.15) is 0 Å². The molecule has 2 heterocycles. The van der Waals surface area contributed by atoms with E-state index >= 15 is 0 Å². The molecule has 0 bridgehead atoms. The van der Waals surface area contributed by atoms with E-state index in [2.05, 4.69) is 0 Å². The Morgan fingerprint density at radius 1 is 0.879 bits per heavy atom. The van der Waals surface area contributed by atoms with Crippen molar-refractivity contribution in [2.24, 2.45) is 11.3 Å². The summed E-state index contributed by atoms with van der Waals surface area (Å²) in [5.74, 6) is -0.578. The fourth-order valence-electron chi connectivity index (χ4n) is 8.22. The molecule has 0 radical (unpaired) electrons. The number of hydrogen-bond acceptors (Lipinski definition) is 16. The fourth-order valence-corrected chi connectivity index (χ4v) is 8.22. The van der Waals surface area contributed by atoms with E-state index in [9.17, 15) is 60.7 Å². The van der Waals surface area contributed by atoms with Crippen LogP contribution in [0.5, 0.6) is 0 Å². The lowest BCUT2D eigenvalue weighted by atomic mass is 9.54. The van der Waals surface area contributed by atoms with Crippen molar-refractivity contribution in [3.63, 3.8) is 0 Å². The molecule has 16 heteroatoms. The Kier molecular flexibility index (Phi) is 18.8. The molecule has 334 valence electrons. The Morgan fingerprint density at radius 2 is 1.45 bits per heavy atom. The van der Waals surface area contributed by atoms with E-state index in [-0.39, 0.29) is 31.1 Å². The zero-order valence-corrected chi connectivity index (χ0v) is 35.1. The van der Waals surface area contributed by atoms with E-state index in [1.165, 1.54) is 13.8 Å². The highest BCUT2D eigenvalue weighted by atomic mass is 16.7. The molecular formula is C42H70O16. The molecule has 0 aromatic heterocycles. The number of Topliss-reactive ketones (excluding diaryl/α,β-unsaturated/α-hetero) is 1. The van der Waals surface area contributed by atoms with Gasteiger partial charge in [-0.1, -0.05) is 30.2 Å². The molecule has 2 aliphatic heterocycles. The number of aliphatic hydroxyl groups excluding tert-OH is 8. The summed E-state index contributed by atoms with van der Waals surface area (Å²) >= 11 is 0. The van der Waals surface area contributed by atoms with Crippen molar-refractivity contribution in [1.82, 2.24) is 0 Å². The second kappa shape index (κ2) is 21.7. The van der Waals surface area contributed by atoms with E-state index in [4.69, 9.17) is 18.9 Å². The number of carbonyl (C=O) groups excluding carboxylic acids is 2. The molecule has 3 aliphatic rings. The first-order valence-corrected chi connectivity index (χ1v) is 20.4. The monoisotopic (exact) mass is 830 g/mol. The Balaban J connectivity index is 1.84. The molecule has 0 amide bonds. The van der Waals surface area contributed by atoms with Gasteiger partial charge in [-0.3, -0.25) is 9.59 Å². The average molecular weight is 831 g/mol. The largest absolute Gasteiger partial charge is 0.394 e. The zero-order chi connectivity index (χ0) is 43.7. The van der Waals surface area contributed by atoms with Crippen LogP contribution in [0.2, 0.25) is 0 Å². The van der Waals surface area contributed by atoms with E-state index in [0.717, 1.165) is 23.0 Å². The number of ketones is 1. The van der Waals surface area contributed by atoms with Crippen molar-refractivity contribution in [1.29, 1.82) is 0 Å². The third kappa shape index (κ3) is 12.3. The van der Waals surface area contributed by atoms with Crippen LogP contribution in [-0.2, 0) is 28.5 Å². The minimum Gasteiger partial charge on any atom is -0.394 e. The van der Waals surface area contributed by atoms with Crippen LogP contribution in [0.1, 0.15) is 106 Å². The first-order chi connectivity index (χ1) is 27.0. The minimum atomic E-state index is -1.64. The van der Waals surface area contributed by atoms with E-state index in [1.807, 2.05) is 32.9 Å². The quantitative estimate of drug-likeness (QED) is 0.0349. The molecule has 16 nitrogen and oxygen atoms in total. The maximum atomic E-state index is 12.3. The summed E-state index contributed by atoms with van der Waals surface area (Å²) in [4.78, 5) is 24.4. The van der Waals surface area contributed by atoms with Crippen molar-refractivity contribution in [3.8, 4) is 0 Å². The van der Waals surface area contributed by atoms with Gasteiger partial charge in [0.15, 0.2) is 18.4 Å². The maximum absolute atomic E-state index is 12.3. The van der Waals surface area contributed by atoms with Crippen LogP contribution in [0.25, 0.3) is 0 Å². The second-order valence-electron chi connectivity index (χ2n) is 17.4. The molecule has 0 spiro atoms. The number of aldehydes is 1. The molecule has 2 saturated heterocycles. The topological polar surface area (TPSA) is 273 Å². The highest BCUT2D eigenvalue weighted by Gasteiger charge is 2.52. The van der Waals surface area contributed by atoms with Crippen molar-refractivity contribution >= 4 is 12.1 Å². The number of ether oxygens (including phenoxy) is 4. The standard InChI is InChI=1S/C42H70O16/c1-23(13-15-31(46)40(4,5)53)12-14-28(56-39-37(52)35(50)33(48)30(22-45)58-39)24(2)10-8-17-41(6)27(26(25(3)20-43)16-18-42(41,7)54)11-9-19-55-38-36(51)34(49)32(47)29(21-44)57-38/h10,12,20,27-30,32-39,44-45,47-54H,8-9,11,13-19,21-22H2,1-7H3/b23-12+,24-10+,26-25-/t27-,28-,29-,30-,32-,33-,34+,35+,36-,37-,38-,39-,41+,42+/m1/s1. The lowest BCUT2D eigenvalue weighted by Crippen LogP contribution is -2.59. The summed E-state index contributed by atoms with van der Waals surface area (Å²) < 4.78 is 23.1. The smallest absolute Gasteiger partial charge is 0.187 e. The molecule has 1 aliphatic carbocycles. The summed E-state index contributed by atoms with van der Waals surface area (Å²) in [7, 11) is 0. The van der Waals surface area contributed by atoms with Gasteiger partial charge in [0, 0.05) is 18.4 Å². The van der Waals surface area contributed by atoms with E-state index in [0.29, 0.717) is 50.5 Å². The van der Waals surface area contributed by atoms with Crippen LogP contribution in [0.3, 0.4) is 0 Å². The van der Waals surface area contributed by atoms with E-state index in [1.54, 1.807) is 13.8 Å². The fraction of sp³-hybridized carbons (Fsp3) is 0.810. The van der Waals surface area contributed by atoms with Crippen molar-refractivity contribution in [2.75, 3.05) is 19.8 Å². The van der Waals surface area contributed by atoms with Crippen LogP contribution in [0.4, 0.5) is 0 Å². The molecular weight excluding hydrogens is 760 g/mol. The Morgan fingerprint density at radius 3 is 2.00 bits per heavy atom. The lowest BCUT2D eigenvalue weighted by molar-refractivity contribution is -0.308. The predicted molar refractivity (Wildman–Crippen MR) is 210 cm³/mol. The maximum Gasteiger partial charge on any atom is 0.187 e. The number of hydrogen-bond donors (Lipinski definition) is 10. The van der Waals surface area contributed by atoms with E-state index < -0.39 is 97.3 Å². The summed E-state index contributed by atoms with van der Waals surface area (Å²) in [5.41, 5.74) is -0.313. The van der Waals surface area contributed by atoms with Crippen LogP contribution in [-0.4, -0.2) is 162 Å². The van der Waals surface area contributed by atoms with Gasteiger partial charge in [0.1, 0.15) is 60.7 Å². The molecule has 0 aromatic rings. The zero-order valence-electron chi connectivity index (χ0n) is 35.1. The van der Waals surface area contributed by atoms with Crippen molar-refractivity contribution in [3.05, 3.63) is 34.4 Å².